The SMILES string of the molecule is F[SiH](F)CCC1CCCCC1. The van der Waals surface area contributed by atoms with Gasteiger partial charge in [0.1, 0.15) is 0 Å². The van der Waals surface area contributed by atoms with Crippen LogP contribution < -0.4 is 0 Å². The van der Waals surface area contributed by atoms with Crippen LogP contribution in [0.1, 0.15) is 38.5 Å². The molecule has 0 spiro atoms. The lowest BCUT2D eigenvalue weighted by molar-refractivity contribution is 0.346. The lowest BCUT2D eigenvalue weighted by Gasteiger charge is -2.20. The zero-order valence-electron chi connectivity index (χ0n) is 6.86. The molecule has 0 bridgehead atoms. The molecule has 1 aliphatic rings. The summed E-state index contributed by atoms with van der Waals surface area (Å²) in [6, 6.07) is 0.255. The van der Waals surface area contributed by atoms with Crippen molar-refractivity contribution in [1.82, 2.24) is 0 Å². The van der Waals surface area contributed by atoms with Gasteiger partial charge in [-0.1, -0.05) is 32.1 Å². The van der Waals surface area contributed by atoms with Crippen LogP contribution in [0.15, 0.2) is 0 Å². The second-order valence-electron chi connectivity index (χ2n) is 3.47. The summed E-state index contributed by atoms with van der Waals surface area (Å²) in [7, 11) is -3.24. The topological polar surface area (TPSA) is 0 Å². The molecular weight excluding hydrogens is 162 g/mol. The molecule has 1 rings (SSSR count). The molecule has 0 aromatic rings. The molecule has 66 valence electrons. The Morgan fingerprint density at radius 3 is 2.27 bits per heavy atom. The van der Waals surface area contributed by atoms with E-state index in [4.69, 9.17) is 0 Å². The normalized spacial score (nSPS) is 21.0. The lowest BCUT2D eigenvalue weighted by Crippen LogP contribution is -2.08. The zero-order valence-corrected chi connectivity index (χ0v) is 8.02. The fourth-order valence-electron chi connectivity index (χ4n) is 1.84. The van der Waals surface area contributed by atoms with E-state index in [1.54, 1.807) is 0 Å². The van der Waals surface area contributed by atoms with Gasteiger partial charge in [0.05, 0.1) is 0 Å². The van der Waals surface area contributed by atoms with E-state index in [2.05, 4.69) is 0 Å². The van der Waals surface area contributed by atoms with Crippen molar-refractivity contribution in [1.29, 1.82) is 0 Å². The molecule has 0 atom stereocenters. The number of hydrogen-bond acceptors (Lipinski definition) is 0. The second kappa shape index (κ2) is 4.86. The molecule has 0 N–H and O–H groups in total. The zero-order chi connectivity index (χ0) is 8.10. The van der Waals surface area contributed by atoms with Crippen LogP contribution in [-0.4, -0.2) is 9.46 Å². The molecule has 0 aliphatic heterocycles. The Kier molecular flexibility index (Phi) is 4.05. The molecule has 0 nitrogen and oxygen atoms in total. The van der Waals surface area contributed by atoms with E-state index in [0.717, 1.165) is 6.42 Å². The van der Waals surface area contributed by atoms with Crippen molar-refractivity contribution in [2.45, 2.75) is 44.6 Å². The quantitative estimate of drug-likeness (QED) is 0.460. The predicted molar refractivity (Wildman–Crippen MR) is 45.4 cm³/mol. The maximum atomic E-state index is 11.9. The van der Waals surface area contributed by atoms with Crippen LogP contribution in [-0.2, 0) is 0 Å². The Morgan fingerprint density at radius 1 is 1.09 bits per heavy atom. The van der Waals surface area contributed by atoms with Gasteiger partial charge in [0.25, 0.3) is 0 Å². The van der Waals surface area contributed by atoms with Gasteiger partial charge in [-0.15, -0.1) is 0 Å². The maximum absolute atomic E-state index is 11.9. The molecular formula is C8H16F2Si. The van der Waals surface area contributed by atoms with Crippen molar-refractivity contribution < 1.29 is 8.22 Å². The Labute approximate surface area is 68.9 Å². The fourth-order valence-corrected chi connectivity index (χ4v) is 2.56. The standard InChI is InChI=1S/C8H16F2Si/c9-11(10)7-6-8-4-2-1-3-5-8/h8,11H,1-7H2. The van der Waals surface area contributed by atoms with Crippen LogP contribution in [0.3, 0.4) is 0 Å². The van der Waals surface area contributed by atoms with E-state index >= 15 is 0 Å². The van der Waals surface area contributed by atoms with Crippen LogP contribution >= 0.6 is 0 Å². The van der Waals surface area contributed by atoms with E-state index in [-0.39, 0.29) is 6.04 Å². The van der Waals surface area contributed by atoms with Crippen LogP contribution in [0.5, 0.6) is 0 Å². The van der Waals surface area contributed by atoms with Crippen molar-refractivity contribution in [3.63, 3.8) is 0 Å². The second-order valence-corrected chi connectivity index (χ2v) is 4.83. The van der Waals surface area contributed by atoms with E-state index in [9.17, 15) is 8.22 Å². The summed E-state index contributed by atoms with van der Waals surface area (Å²) in [6.45, 7) is 0. The monoisotopic (exact) mass is 178 g/mol. The molecule has 1 aliphatic carbocycles. The van der Waals surface area contributed by atoms with Crippen LogP contribution in [0.4, 0.5) is 8.22 Å². The van der Waals surface area contributed by atoms with Gasteiger partial charge in [-0.05, 0) is 18.4 Å². The minimum atomic E-state index is -3.24. The summed E-state index contributed by atoms with van der Waals surface area (Å²) in [5, 5.41) is 0. The van der Waals surface area contributed by atoms with Gasteiger partial charge in [-0.3, -0.25) is 8.22 Å². The first-order valence-corrected chi connectivity index (χ1v) is 6.26. The lowest BCUT2D eigenvalue weighted by atomic mass is 9.88. The first kappa shape index (κ1) is 9.17. The molecule has 0 radical (unpaired) electrons. The molecule has 0 saturated heterocycles. The van der Waals surface area contributed by atoms with Crippen molar-refractivity contribution in [3.8, 4) is 0 Å². The first-order chi connectivity index (χ1) is 5.29. The van der Waals surface area contributed by atoms with Gasteiger partial charge in [-0.25, -0.2) is 0 Å². The van der Waals surface area contributed by atoms with E-state index in [1.165, 1.54) is 32.1 Å². The summed E-state index contributed by atoms with van der Waals surface area (Å²) in [5.74, 6) is 0.644. The molecule has 0 aromatic heterocycles. The minimum Gasteiger partial charge on any atom is -0.275 e. The summed E-state index contributed by atoms with van der Waals surface area (Å²) in [6.07, 6.45) is 7.10. The summed E-state index contributed by atoms with van der Waals surface area (Å²) < 4.78 is 23.9. The molecule has 3 heteroatoms. The summed E-state index contributed by atoms with van der Waals surface area (Å²) in [4.78, 5) is 0. The molecule has 11 heavy (non-hydrogen) atoms. The number of hydrogen-bond donors (Lipinski definition) is 0. The molecule has 1 saturated carbocycles. The molecule has 1 fully saturated rings. The fraction of sp³-hybridized carbons (Fsp3) is 1.00. The third-order valence-corrected chi connectivity index (χ3v) is 3.29. The highest BCUT2D eigenvalue weighted by Crippen LogP contribution is 2.27. The van der Waals surface area contributed by atoms with E-state index in [1.807, 2.05) is 0 Å². The summed E-state index contributed by atoms with van der Waals surface area (Å²) in [5.41, 5.74) is 0. The number of halogens is 2. The Balaban J connectivity index is 2.05. The molecule has 0 amide bonds. The Morgan fingerprint density at radius 2 is 1.73 bits per heavy atom. The van der Waals surface area contributed by atoms with Gasteiger partial charge in [0, 0.05) is 0 Å². The average molecular weight is 178 g/mol. The highest BCUT2D eigenvalue weighted by molar-refractivity contribution is 6.42. The highest BCUT2D eigenvalue weighted by atomic mass is 28.4. The third kappa shape index (κ3) is 3.84. The Hall–Kier alpha value is 0.0769. The van der Waals surface area contributed by atoms with Crippen molar-refractivity contribution >= 4 is 9.46 Å². The average Bonchev–Trinajstić information content (AvgIpc) is 2.03. The van der Waals surface area contributed by atoms with Crippen molar-refractivity contribution in [3.05, 3.63) is 0 Å². The predicted octanol–water partition coefficient (Wildman–Crippen LogP) is 3.12. The smallest absolute Gasteiger partial charge is 0.275 e. The van der Waals surface area contributed by atoms with Gasteiger partial charge < -0.3 is 0 Å². The van der Waals surface area contributed by atoms with Crippen molar-refractivity contribution in [2.75, 3.05) is 0 Å². The van der Waals surface area contributed by atoms with Crippen LogP contribution in [0.2, 0.25) is 6.04 Å². The molecule has 0 aromatic carbocycles. The maximum Gasteiger partial charge on any atom is 0.411 e. The van der Waals surface area contributed by atoms with Crippen LogP contribution in [0.25, 0.3) is 0 Å². The van der Waals surface area contributed by atoms with E-state index < -0.39 is 9.46 Å². The van der Waals surface area contributed by atoms with Gasteiger partial charge >= 0.3 is 9.46 Å². The first-order valence-electron chi connectivity index (χ1n) is 4.57. The largest absolute Gasteiger partial charge is 0.411 e. The van der Waals surface area contributed by atoms with Crippen molar-refractivity contribution in [2.24, 2.45) is 5.92 Å². The van der Waals surface area contributed by atoms with Gasteiger partial charge in [0.2, 0.25) is 0 Å². The summed E-state index contributed by atoms with van der Waals surface area (Å²) >= 11 is 0. The molecule has 0 heterocycles. The van der Waals surface area contributed by atoms with Gasteiger partial charge in [-0.2, -0.15) is 0 Å². The highest BCUT2D eigenvalue weighted by Gasteiger charge is 2.16. The van der Waals surface area contributed by atoms with Gasteiger partial charge in [0.15, 0.2) is 0 Å². The third-order valence-electron chi connectivity index (χ3n) is 2.52. The van der Waals surface area contributed by atoms with E-state index in [0.29, 0.717) is 5.92 Å². The number of rotatable bonds is 3. The van der Waals surface area contributed by atoms with Crippen LogP contribution in [0, 0.1) is 5.92 Å². The molecule has 0 unspecified atom stereocenters. The minimum absolute atomic E-state index is 0.255. The Bertz CT molecular complexity index is 100.